The molecule has 0 aromatic heterocycles. The molecule has 3 fully saturated rings. The minimum Gasteiger partial charge on any atom is -0.357 e. The third-order valence-corrected chi connectivity index (χ3v) is 6.86. The van der Waals surface area contributed by atoms with Crippen LogP contribution < -0.4 is 4.90 Å². The zero-order valence-electron chi connectivity index (χ0n) is 15.5. The topological polar surface area (TPSA) is 6.48 Å². The van der Waals surface area contributed by atoms with Crippen LogP contribution in [0.3, 0.4) is 0 Å². The van der Waals surface area contributed by atoms with Crippen LogP contribution in [0.15, 0.2) is 59.1 Å². The predicted octanol–water partition coefficient (Wildman–Crippen LogP) is 5.63. The average Bonchev–Trinajstić information content (AvgIpc) is 3.35. The van der Waals surface area contributed by atoms with E-state index in [1.165, 1.54) is 73.5 Å². The van der Waals surface area contributed by atoms with Crippen molar-refractivity contribution < 1.29 is 1.43 Å². The van der Waals surface area contributed by atoms with Crippen molar-refractivity contribution in [2.45, 2.75) is 46.0 Å². The fraction of sp³-hybridized carbons (Fsp3) is 0.478. The standard InChI is InChI=1S/C23H28N2.H2/c1-15-8-4-5-9-20(15)25-17(3)16(2)21-18-10-11-19(14-18)22(21)23(25)24-12-6-7-13-24;/h4-5,8-9,18-19H,3,6-7,10-14H2,1-2H3;1H. The molecule has 2 aliphatic heterocycles. The number of nitrogens with zero attached hydrogens (tertiary/aromatic N) is 2. The van der Waals surface area contributed by atoms with Gasteiger partial charge in [-0.05, 0) is 80.6 Å². The lowest BCUT2D eigenvalue weighted by molar-refractivity contribution is 0.401. The van der Waals surface area contributed by atoms with Crippen LogP contribution >= 0.6 is 0 Å². The number of para-hydroxylation sites is 1. The smallest absolute Gasteiger partial charge is 0.117 e. The third kappa shape index (κ3) is 2.09. The second-order valence-corrected chi connectivity index (χ2v) is 8.25. The molecule has 1 saturated heterocycles. The lowest BCUT2D eigenvalue weighted by Gasteiger charge is -2.43. The first kappa shape index (κ1) is 15.3. The second-order valence-electron chi connectivity index (χ2n) is 8.25. The van der Waals surface area contributed by atoms with Crippen molar-refractivity contribution in [3.8, 4) is 0 Å². The largest absolute Gasteiger partial charge is 0.357 e. The zero-order valence-corrected chi connectivity index (χ0v) is 15.5. The highest BCUT2D eigenvalue weighted by Gasteiger charge is 2.47. The number of hydrogen-bond donors (Lipinski definition) is 0. The van der Waals surface area contributed by atoms with Crippen molar-refractivity contribution in [1.29, 1.82) is 0 Å². The van der Waals surface area contributed by atoms with Gasteiger partial charge in [-0.25, -0.2) is 0 Å². The summed E-state index contributed by atoms with van der Waals surface area (Å²) in [6, 6.07) is 8.80. The van der Waals surface area contributed by atoms with Gasteiger partial charge in [0.15, 0.2) is 0 Å². The van der Waals surface area contributed by atoms with Crippen LogP contribution in [0, 0.1) is 18.8 Å². The maximum Gasteiger partial charge on any atom is 0.117 e. The zero-order chi connectivity index (χ0) is 17.1. The van der Waals surface area contributed by atoms with Crippen molar-refractivity contribution >= 4 is 5.69 Å². The molecule has 0 amide bonds. The molecule has 1 aromatic carbocycles. The summed E-state index contributed by atoms with van der Waals surface area (Å²) in [7, 11) is 0. The molecule has 5 rings (SSSR count). The Morgan fingerprint density at radius 3 is 2.40 bits per heavy atom. The quantitative estimate of drug-likeness (QED) is 0.691. The molecule has 2 nitrogen and oxygen atoms in total. The molecular formula is C23H30N2. The third-order valence-electron chi connectivity index (χ3n) is 6.86. The molecule has 1 aromatic rings. The van der Waals surface area contributed by atoms with Gasteiger partial charge in [0.05, 0.1) is 5.69 Å². The Hall–Kier alpha value is -1.96. The van der Waals surface area contributed by atoms with Crippen molar-refractivity contribution in [2.75, 3.05) is 18.0 Å². The number of fused-ring (bicyclic) bond motifs is 5. The van der Waals surface area contributed by atoms with E-state index in [1.807, 2.05) is 0 Å². The van der Waals surface area contributed by atoms with E-state index in [0.29, 0.717) is 0 Å². The van der Waals surface area contributed by atoms with E-state index < -0.39 is 0 Å². The molecular weight excluding hydrogens is 304 g/mol. The fourth-order valence-electron chi connectivity index (χ4n) is 5.64. The van der Waals surface area contributed by atoms with Crippen LogP contribution in [0.25, 0.3) is 0 Å². The monoisotopic (exact) mass is 334 g/mol. The molecule has 2 atom stereocenters. The number of anilines is 1. The van der Waals surface area contributed by atoms with Crippen LogP contribution in [0.1, 0.15) is 46.0 Å². The first-order valence-electron chi connectivity index (χ1n) is 9.92. The Morgan fingerprint density at radius 2 is 1.68 bits per heavy atom. The van der Waals surface area contributed by atoms with Crippen molar-refractivity contribution in [3.63, 3.8) is 0 Å². The van der Waals surface area contributed by atoms with Gasteiger partial charge in [-0.2, -0.15) is 0 Å². The summed E-state index contributed by atoms with van der Waals surface area (Å²) in [4.78, 5) is 5.15. The molecule has 0 N–H and O–H groups in total. The lowest BCUT2D eigenvalue weighted by Crippen LogP contribution is -2.39. The van der Waals surface area contributed by atoms with Gasteiger partial charge in [0.1, 0.15) is 5.82 Å². The molecule has 0 radical (unpaired) electrons. The maximum atomic E-state index is 4.57. The molecule has 0 spiro atoms. The van der Waals surface area contributed by atoms with E-state index in [1.54, 1.807) is 11.1 Å². The maximum absolute atomic E-state index is 4.57. The summed E-state index contributed by atoms with van der Waals surface area (Å²) >= 11 is 0. The Morgan fingerprint density at radius 1 is 1.00 bits per heavy atom. The van der Waals surface area contributed by atoms with Gasteiger partial charge in [-0.1, -0.05) is 24.8 Å². The second kappa shape index (κ2) is 5.52. The summed E-state index contributed by atoms with van der Waals surface area (Å²) in [6.45, 7) is 11.5. The Labute approximate surface area is 153 Å². The average molecular weight is 335 g/mol. The highest BCUT2D eigenvalue weighted by molar-refractivity contribution is 5.72. The number of likely N-dealkylation sites (tertiary alicyclic amines) is 1. The molecule has 132 valence electrons. The van der Waals surface area contributed by atoms with E-state index in [9.17, 15) is 0 Å². The molecule has 25 heavy (non-hydrogen) atoms. The summed E-state index contributed by atoms with van der Waals surface area (Å²) in [5.41, 5.74) is 8.61. The highest BCUT2D eigenvalue weighted by atomic mass is 15.4. The van der Waals surface area contributed by atoms with E-state index in [4.69, 9.17) is 0 Å². The van der Waals surface area contributed by atoms with E-state index in [2.05, 4.69) is 54.5 Å². The van der Waals surface area contributed by atoms with Crippen LogP contribution in [-0.2, 0) is 0 Å². The van der Waals surface area contributed by atoms with Gasteiger partial charge in [0, 0.05) is 25.8 Å². The highest BCUT2D eigenvalue weighted by Crippen LogP contribution is 2.58. The summed E-state index contributed by atoms with van der Waals surface area (Å²) in [6.07, 6.45) is 6.76. The molecule has 2 bridgehead atoms. The molecule has 2 aliphatic carbocycles. The Bertz CT molecular complexity index is 813. The first-order valence-corrected chi connectivity index (χ1v) is 9.92. The van der Waals surface area contributed by atoms with E-state index >= 15 is 0 Å². The molecule has 2 heteroatoms. The van der Waals surface area contributed by atoms with Crippen LogP contribution in [0.4, 0.5) is 5.69 Å². The van der Waals surface area contributed by atoms with Crippen molar-refractivity contribution in [3.05, 3.63) is 64.6 Å². The Kier molecular flexibility index (Phi) is 3.38. The fourth-order valence-corrected chi connectivity index (χ4v) is 5.64. The van der Waals surface area contributed by atoms with Crippen molar-refractivity contribution in [1.82, 2.24) is 4.90 Å². The molecule has 2 unspecified atom stereocenters. The van der Waals surface area contributed by atoms with Gasteiger partial charge >= 0.3 is 0 Å². The minimum atomic E-state index is 0. The first-order chi connectivity index (χ1) is 12.2. The number of aryl methyl sites for hydroxylation is 1. The predicted molar refractivity (Wildman–Crippen MR) is 106 cm³/mol. The van der Waals surface area contributed by atoms with Crippen LogP contribution in [0.2, 0.25) is 0 Å². The van der Waals surface area contributed by atoms with Gasteiger partial charge < -0.3 is 4.90 Å². The van der Waals surface area contributed by atoms with Gasteiger partial charge in [-0.15, -0.1) is 0 Å². The summed E-state index contributed by atoms with van der Waals surface area (Å²) < 4.78 is 0. The number of allylic oxidation sites excluding steroid dienone is 3. The Balaban J connectivity index is 0.00000168. The normalized spacial score (nSPS) is 28.5. The molecule has 4 aliphatic rings. The molecule has 2 saturated carbocycles. The van der Waals surface area contributed by atoms with Gasteiger partial charge in [0.2, 0.25) is 0 Å². The minimum absolute atomic E-state index is 0. The van der Waals surface area contributed by atoms with Gasteiger partial charge in [-0.3, -0.25) is 4.90 Å². The number of hydrogen-bond acceptors (Lipinski definition) is 2. The van der Waals surface area contributed by atoms with E-state index in [-0.39, 0.29) is 1.43 Å². The molecule has 2 heterocycles. The number of rotatable bonds is 2. The van der Waals surface area contributed by atoms with E-state index in [0.717, 1.165) is 11.8 Å². The SMILES string of the molecule is C=C1C(C)=C2C(=C(N3CCCC3)N1c1ccccc1C)C1CCC2C1.[HH]. The van der Waals surface area contributed by atoms with Crippen LogP contribution in [0.5, 0.6) is 0 Å². The lowest BCUT2D eigenvalue weighted by atomic mass is 9.82. The van der Waals surface area contributed by atoms with Crippen LogP contribution in [-0.4, -0.2) is 18.0 Å². The number of benzene rings is 1. The summed E-state index contributed by atoms with van der Waals surface area (Å²) in [5, 5.41) is 0. The van der Waals surface area contributed by atoms with Gasteiger partial charge in [0.25, 0.3) is 0 Å². The van der Waals surface area contributed by atoms with Crippen molar-refractivity contribution in [2.24, 2.45) is 11.8 Å². The summed E-state index contributed by atoms with van der Waals surface area (Å²) in [5.74, 6) is 3.03.